The number of hydrogen-bond donors (Lipinski definition) is 1. The Labute approximate surface area is 73.3 Å². The molecule has 1 aliphatic rings. The summed E-state index contributed by atoms with van der Waals surface area (Å²) in [5, 5.41) is 0. The van der Waals surface area contributed by atoms with E-state index in [0.29, 0.717) is 12.5 Å². The van der Waals surface area contributed by atoms with Crippen molar-refractivity contribution in [1.29, 1.82) is 0 Å². The summed E-state index contributed by atoms with van der Waals surface area (Å²) >= 11 is 0. The molecular formula is C9H17NO2. The molecule has 3 nitrogen and oxygen atoms in total. The summed E-state index contributed by atoms with van der Waals surface area (Å²) in [7, 11) is 1.56. The third-order valence-electron chi connectivity index (χ3n) is 2.66. The minimum absolute atomic E-state index is 0.176. The van der Waals surface area contributed by atoms with Crippen molar-refractivity contribution in [2.45, 2.75) is 19.3 Å². The van der Waals surface area contributed by atoms with Gasteiger partial charge in [-0.1, -0.05) is 6.42 Å². The van der Waals surface area contributed by atoms with Gasteiger partial charge in [0.1, 0.15) is 6.61 Å². The molecule has 2 atom stereocenters. The van der Waals surface area contributed by atoms with E-state index >= 15 is 0 Å². The second-order valence-electron chi connectivity index (χ2n) is 3.43. The summed E-state index contributed by atoms with van der Waals surface area (Å²) in [6.45, 7) is 0.890. The molecule has 0 aromatic rings. The van der Waals surface area contributed by atoms with Gasteiger partial charge in [-0.15, -0.1) is 0 Å². The van der Waals surface area contributed by atoms with Crippen LogP contribution < -0.4 is 5.73 Å². The van der Waals surface area contributed by atoms with Gasteiger partial charge in [0.25, 0.3) is 0 Å². The molecule has 0 saturated heterocycles. The summed E-state index contributed by atoms with van der Waals surface area (Å²) in [6.07, 6.45) is 3.25. The minimum atomic E-state index is 0.176. The highest BCUT2D eigenvalue weighted by Gasteiger charge is 2.31. The predicted molar refractivity (Wildman–Crippen MR) is 46.8 cm³/mol. The molecular weight excluding hydrogens is 154 g/mol. The fourth-order valence-corrected chi connectivity index (χ4v) is 1.99. The first kappa shape index (κ1) is 9.68. The van der Waals surface area contributed by atoms with Gasteiger partial charge in [-0.25, -0.2) is 0 Å². The smallest absolute Gasteiger partial charge is 0.161 e. The van der Waals surface area contributed by atoms with E-state index in [1.165, 1.54) is 0 Å². The first-order chi connectivity index (χ1) is 5.79. The minimum Gasteiger partial charge on any atom is -0.377 e. The molecule has 2 N–H and O–H groups in total. The molecule has 0 spiro atoms. The van der Waals surface area contributed by atoms with Crippen LogP contribution in [0.4, 0.5) is 0 Å². The van der Waals surface area contributed by atoms with Gasteiger partial charge < -0.3 is 10.5 Å². The largest absolute Gasteiger partial charge is 0.377 e. The normalized spacial score (nSPS) is 29.2. The van der Waals surface area contributed by atoms with Crippen molar-refractivity contribution in [1.82, 2.24) is 0 Å². The van der Waals surface area contributed by atoms with Crippen LogP contribution in [0.15, 0.2) is 0 Å². The molecule has 1 saturated carbocycles. The molecule has 0 heterocycles. The van der Waals surface area contributed by atoms with Crippen LogP contribution in [0.5, 0.6) is 0 Å². The first-order valence-corrected chi connectivity index (χ1v) is 4.51. The molecule has 0 radical (unpaired) electrons. The number of hydrogen-bond acceptors (Lipinski definition) is 3. The molecule has 1 aliphatic carbocycles. The predicted octanol–water partition coefficient (Wildman–Crippen LogP) is 0.577. The lowest BCUT2D eigenvalue weighted by atomic mass is 9.92. The van der Waals surface area contributed by atoms with Crippen molar-refractivity contribution < 1.29 is 9.53 Å². The lowest BCUT2D eigenvalue weighted by Crippen LogP contribution is -2.27. The third-order valence-corrected chi connectivity index (χ3v) is 2.66. The Kier molecular flexibility index (Phi) is 3.69. The van der Waals surface area contributed by atoms with Crippen LogP contribution in [0.2, 0.25) is 0 Å². The molecule has 0 aromatic heterocycles. The Hall–Kier alpha value is -0.410. The molecule has 1 rings (SSSR count). The lowest BCUT2D eigenvalue weighted by molar-refractivity contribution is -0.127. The standard InChI is InChI=1S/C9H17NO2/c1-12-6-9(11)8-4-2-3-7(8)5-10/h7-8H,2-6,10H2,1H3. The second kappa shape index (κ2) is 4.58. The Morgan fingerprint density at radius 1 is 1.58 bits per heavy atom. The Morgan fingerprint density at radius 3 is 2.92 bits per heavy atom. The van der Waals surface area contributed by atoms with E-state index in [4.69, 9.17) is 10.5 Å². The number of carbonyl (C=O) groups is 1. The SMILES string of the molecule is COCC(=O)C1CCCC1CN. The van der Waals surface area contributed by atoms with Gasteiger partial charge in [-0.05, 0) is 25.3 Å². The molecule has 0 aromatic carbocycles. The van der Waals surface area contributed by atoms with Crippen LogP contribution in [0.1, 0.15) is 19.3 Å². The number of rotatable bonds is 4. The maximum atomic E-state index is 11.4. The molecule has 2 unspecified atom stereocenters. The van der Waals surface area contributed by atoms with Gasteiger partial charge in [0.15, 0.2) is 5.78 Å². The zero-order chi connectivity index (χ0) is 8.97. The van der Waals surface area contributed by atoms with E-state index < -0.39 is 0 Å². The number of methoxy groups -OCH3 is 1. The summed E-state index contributed by atoms with van der Waals surface area (Å²) < 4.78 is 4.82. The Balaban J connectivity index is 2.43. The van der Waals surface area contributed by atoms with Crippen LogP contribution in [-0.2, 0) is 9.53 Å². The summed E-state index contributed by atoms with van der Waals surface area (Å²) in [4.78, 5) is 11.4. The molecule has 12 heavy (non-hydrogen) atoms. The van der Waals surface area contributed by atoms with Gasteiger partial charge in [-0.3, -0.25) is 4.79 Å². The first-order valence-electron chi connectivity index (χ1n) is 4.51. The van der Waals surface area contributed by atoms with Crippen molar-refractivity contribution in [2.24, 2.45) is 17.6 Å². The highest BCUT2D eigenvalue weighted by atomic mass is 16.5. The molecule has 0 amide bonds. The van der Waals surface area contributed by atoms with Crippen molar-refractivity contribution >= 4 is 5.78 Å². The van der Waals surface area contributed by atoms with Crippen LogP contribution in [-0.4, -0.2) is 26.0 Å². The average Bonchev–Trinajstić information content (AvgIpc) is 2.51. The van der Waals surface area contributed by atoms with Gasteiger partial charge in [0, 0.05) is 13.0 Å². The zero-order valence-electron chi connectivity index (χ0n) is 7.58. The second-order valence-corrected chi connectivity index (χ2v) is 3.43. The fourth-order valence-electron chi connectivity index (χ4n) is 1.99. The summed E-state index contributed by atoms with van der Waals surface area (Å²) in [5.41, 5.74) is 5.57. The highest BCUT2D eigenvalue weighted by molar-refractivity contribution is 5.82. The fraction of sp³-hybridized carbons (Fsp3) is 0.889. The highest BCUT2D eigenvalue weighted by Crippen LogP contribution is 2.31. The van der Waals surface area contributed by atoms with Crippen molar-refractivity contribution in [3.63, 3.8) is 0 Å². The monoisotopic (exact) mass is 171 g/mol. The molecule has 1 fully saturated rings. The van der Waals surface area contributed by atoms with Gasteiger partial charge in [0.05, 0.1) is 0 Å². The molecule has 0 aliphatic heterocycles. The van der Waals surface area contributed by atoms with Crippen LogP contribution in [0, 0.1) is 11.8 Å². The number of nitrogens with two attached hydrogens (primary N) is 1. The zero-order valence-corrected chi connectivity index (χ0v) is 7.58. The van der Waals surface area contributed by atoms with Crippen LogP contribution in [0.3, 0.4) is 0 Å². The lowest BCUT2D eigenvalue weighted by Gasteiger charge is -2.15. The molecule has 3 heteroatoms. The van der Waals surface area contributed by atoms with E-state index in [1.807, 2.05) is 0 Å². The van der Waals surface area contributed by atoms with Crippen LogP contribution in [0.25, 0.3) is 0 Å². The topological polar surface area (TPSA) is 52.3 Å². The maximum Gasteiger partial charge on any atom is 0.161 e. The Morgan fingerprint density at radius 2 is 2.33 bits per heavy atom. The van der Waals surface area contributed by atoms with Crippen LogP contribution >= 0.6 is 0 Å². The van der Waals surface area contributed by atoms with E-state index in [-0.39, 0.29) is 18.3 Å². The summed E-state index contributed by atoms with van der Waals surface area (Å²) in [5.74, 6) is 0.813. The third kappa shape index (κ3) is 2.05. The van der Waals surface area contributed by atoms with Gasteiger partial charge in [-0.2, -0.15) is 0 Å². The number of ketones is 1. The molecule has 70 valence electrons. The maximum absolute atomic E-state index is 11.4. The summed E-state index contributed by atoms with van der Waals surface area (Å²) in [6, 6.07) is 0. The van der Waals surface area contributed by atoms with Gasteiger partial charge >= 0.3 is 0 Å². The number of carbonyl (C=O) groups excluding carboxylic acids is 1. The van der Waals surface area contributed by atoms with Crippen molar-refractivity contribution in [3.05, 3.63) is 0 Å². The van der Waals surface area contributed by atoms with Gasteiger partial charge in [0.2, 0.25) is 0 Å². The molecule has 0 bridgehead atoms. The van der Waals surface area contributed by atoms with Crippen molar-refractivity contribution in [3.8, 4) is 0 Å². The van der Waals surface area contributed by atoms with E-state index in [1.54, 1.807) is 7.11 Å². The quantitative estimate of drug-likeness (QED) is 0.673. The number of Topliss-reactive ketones (excluding diaryl/α,β-unsaturated/α-hetero) is 1. The average molecular weight is 171 g/mol. The number of ether oxygens (including phenoxy) is 1. The Bertz CT molecular complexity index is 159. The van der Waals surface area contributed by atoms with E-state index in [2.05, 4.69) is 0 Å². The van der Waals surface area contributed by atoms with E-state index in [9.17, 15) is 4.79 Å². The van der Waals surface area contributed by atoms with Crippen molar-refractivity contribution in [2.75, 3.05) is 20.3 Å². The van der Waals surface area contributed by atoms with E-state index in [0.717, 1.165) is 19.3 Å².